The van der Waals surface area contributed by atoms with Crippen LogP contribution in [0.15, 0.2) is 48.5 Å². The maximum absolute atomic E-state index is 13.6. The van der Waals surface area contributed by atoms with Crippen molar-refractivity contribution >= 4 is 40.1 Å². The first-order valence-electron chi connectivity index (χ1n) is 7.88. The van der Waals surface area contributed by atoms with Crippen LogP contribution in [0.5, 0.6) is 0 Å². The molecule has 2 aromatic carbocycles. The smallest absolute Gasteiger partial charge is 0.339 e. The molecule has 0 fully saturated rings. The molecule has 0 bridgehead atoms. The molecule has 0 aliphatic rings. The number of para-hydroxylation sites is 2. The van der Waals surface area contributed by atoms with Crippen LogP contribution in [-0.4, -0.2) is 23.0 Å². The lowest BCUT2D eigenvalue weighted by Gasteiger charge is -2.15. The number of benzene rings is 2. The zero-order valence-electron chi connectivity index (χ0n) is 14.0. The molecule has 0 spiro atoms. The monoisotopic (exact) mass is 390 g/mol. The van der Waals surface area contributed by atoms with Gasteiger partial charge < -0.3 is 10.1 Å². The van der Waals surface area contributed by atoms with Crippen molar-refractivity contribution in [1.82, 2.24) is 4.98 Å². The predicted molar refractivity (Wildman–Crippen MR) is 96.6 cm³/mol. The number of carbonyl (C=O) groups excluding carboxylic acids is 2. The van der Waals surface area contributed by atoms with Crippen LogP contribution >= 0.6 is 11.6 Å². The minimum Gasteiger partial charge on any atom is -0.449 e. The second-order valence-corrected chi connectivity index (χ2v) is 6.03. The number of amides is 1. The van der Waals surface area contributed by atoms with Crippen molar-refractivity contribution in [3.8, 4) is 0 Å². The van der Waals surface area contributed by atoms with Crippen molar-refractivity contribution < 1.29 is 23.1 Å². The van der Waals surface area contributed by atoms with Crippen molar-refractivity contribution in [3.05, 3.63) is 70.9 Å². The first-order valence-corrected chi connectivity index (χ1v) is 8.25. The number of pyridine rings is 1. The molecule has 138 valence electrons. The van der Waals surface area contributed by atoms with Crippen molar-refractivity contribution in [3.63, 3.8) is 0 Å². The summed E-state index contributed by atoms with van der Waals surface area (Å²) in [6.45, 7) is 1.29. The minimum absolute atomic E-state index is 0.0891. The van der Waals surface area contributed by atoms with Crippen molar-refractivity contribution in [2.45, 2.75) is 13.0 Å². The molecular weight excluding hydrogens is 378 g/mol. The average Bonchev–Trinajstić information content (AvgIpc) is 2.63. The number of rotatable bonds is 4. The molecule has 1 amide bonds. The zero-order chi connectivity index (χ0) is 19.6. The number of aromatic nitrogens is 1. The van der Waals surface area contributed by atoms with Crippen molar-refractivity contribution in [2.75, 3.05) is 5.32 Å². The Bertz CT molecular complexity index is 1020. The number of esters is 1. The van der Waals surface area contributed by atoms with Gasteiger partial charge >= 0.3 is 5.97 Å². The van der Waals surface area contributed by atoms with Crippen LogP contribution in [0.4, 0.5) is 14.5 Å². The summed E-state index contributed by atoms with van der Waals surface area (Å²) in [5, 5.41) is 2.67. The number of nitrogens with zero attached hydrogens (tertiary/aromatic N) is 1. The largest absolute Gasteiger partial charge is 0.449 e. The molecule has 3 aromatic rings. The van der Waals surface area contributed by atoms with Gasteiger partial charge in [0.1, 0.15) is 22.5 Å². The standard InChI is InChI=1S/C19H13ClF2N2O3/c1-10(18(25)24-17-13(21)6-4-7-14(17)22)27-19(26)12-9-16(20)23-15-8-3-2-5-11(12)15/h2-10H,1H3,(H,24,25)/t10-/m0/s1. The number of carbonyl (C=O) groups is 2. The van der Waals surface area contributed by atoms with E-state index in [-0.39, 0.29) is 10.7 Å². The van der Waals surface area contributed by atoms with E-state index in [9.17, 15) is 18.4 Å². The van der Waals surface area contributed by atoms with E-state index in [0.29, 0.717) is 10.9 Å². The summed E-state index contributed by atoms with van der Waals surface area (Å²) in [4.78, 5) is 28.7. The molecule has 0 saturated carbocycles. The Morgan fingerprint density at radius 3 is 2.48 bits per heavy atom. The first kappa shape index (κ1) is 18.7. The van der Waals surface area contributed by atoms with Crippen molar-refractivity contribution in [2.24, 2.45) is 0 Å². The van der Waals surface area contributed by atoms with E-state index >= 15 is 0 Å². The van der Waals surface area contributed by atoms with Gasteiger partial charge in [-0.25, -0.2) is 18.6 Å². The lowest BCUT2D eigenvalue weighted by molar-refractivity contribution is -0.123. The molecule has 3 rings (SSSR count). The number of nitrogens with one attached hydrogen (secondary N) is 1. The maximum atomic E-state index is 13.6. The van der Waals surface area contributed by atoms with E-state index in [2.05, 4.69) is 10.3 Å². The van der Waals surface area contributed by atoms with Gasteiger partial charge in [0.15, 0.2) is 6.10 Å². The molecule has 0 unspecified atom stereocenters. The van der Waals surface area contributed by atoms with Gasteiger partial charge in [-0.05, 0) is 31.2 Å². The molecule has 0 aliphatic heterocycles. The van der Waals surface area contributed by atoms with Gasteiger partial charge in [-0.3, -0.25) is 4.79 Å². The highest BCUT2D eigenvalue weighted by Crippen LogP contribution is 2.22. The third-order valence-corrected chi connectivity index (χ3v) is 3.96. The second kappa shape index (κ2) is 7.67. The molecule has 0 radical (unpaired) electrons. The summed E-state index contributed by atoms with van der Waals surface area (Å²) >= 11 is 5.93. The summed E-state index contributed by atoms with van der Waals surface area (Å²) in [5.41, 5.74) is 0.00705. The molecule has 0 saturated heterocycles. The number of anilines is 1. The van der Waals surface area contributed by atoms with E-state index in [0.717, 1.165) is 12.1 Å². The molecule has 1 N–H and O–H groups in total. The van der Waals surface area contributed by atoms with Gasteiger partial charge in [0.05, 0.1) is 11.1 Å². The molecule has 27 heavy (non-hydrogen) atoms. The van der Waals surface area contributed by atoms with Gasteiger partial charge in [-0.2, -0.15) is 0 Å². The highest BCUT2D eigenvalue weighted by atomic mass is 35.5. The topological polar surface area (TPSA) is 68.3 Å². The van der Waals surface area contributed by atoms with E-state index in [1.807, 2.05) is 0 Å². The van der Waals surface area contributed by atoms with Crippen LogP contribution in [0.25, 0.3) is 10.9 Å². The number of ether oxygens (including phenoxy) is 1. The summed E-state index contributed by atoms with van der Waals surface area (Å²) in [6, 6.07) is 11.3. The van der Waals surface area contributed by atoms with Gasteiger partial charge in [0, 0.05) is 5.39 Å². The Kier molecular flexibility index (Phi) is 5.32. The Morgan fingerprint density at radius 2 is 1.78 bits per heavy atom. The van der Waals surface area contributed by atoms with Crippen LogP contribution in [0.1, 0.15) is 17.3 Å². The van der Waals surface area contributed by atoms with Crippen LogP contribution in [0.2, 0.25) is 5.15 Å². The van der Waals surface area contributed by atoms with Crippen LogP contribution in [0.3, 0.4) is 0 Å². The second-order valence-electron chi connectivity index (χ2n) is 5.64. The van der Waals surface area contributed by atoms with Crippen LogP contribution < -0.4 is 5.32 Å². The molecule has 1 heterocycles. The predicted octanol–water partition coefficient (Wildman–Crippen LogP) is 4.35. The molecule has 0 aliphatic carbocycles. The number of halogens is 3. The van der Waals surface area contributed by atoms with E-state index in [4.69, 9.17) is 16.3 Å². The Balaban J connectivity index is 1.79. The number of hydrogen-bond donors (Lipinski definition) is 1. The fraction of sp³-hybridized carbons (Fsp3) is 0.105. The minimum atomic E-state index is -1.30. The fourth-order valence-electron chi connectivity index (χ4n) is 2.43. The third-order valence-electron chi connectivity index (χ3n) is 3.77. The first-order chi connectivity index (χ1) is 12.9. The van der Waals surface area contributed by atoms with Crippen LogP contribution in [-0.2, 0) is 9.53 Å². The lowest BCUT2D eigenvalue weighted by Crippen LogP contribution is -2.30. The normalized spacial score (nSPS) is 11.9. The highest BCUT2D eigenvalue weighted by Gasteiger charge is 2.23. The highest BCUT2D eigenvalue weighted by molar-refractivity contribution is 6.30. The number of hydrogen-bond acceptors (Lipinski definition) is 4. The number of fused-ring (bicyclic) bond motifs is 1. The lowest BCUT2D eigenvalue weighted by atomic mass is 10.1. The summed E-state index contributed by atoms with van der Waals surface area (Å²) in [5.74, 6) is -3.56. The van der Waals surface area contributed by atoms with Gasteiger partial charge in [0.25, 0.3) is 5.91 Å². The Labute approximate surface area is 157 Å². The zero-order valence-corrected chi connectivity index (χ0v) is 14.8. The van der Waals surface area contributed by atoms with Crippen molar-refractivity contribution in [1.29, 1.82) is 0 Å². The van der Waals surface area contributed by atoms with E-state index < -0.39 is 35.3 Å². The summed E-state index contributed by atoms with van der Waals surface area (Å²) in [6.07, 6.45) is -1.30. The molecule has 5 nitrogen and oxygen atoms in total. The van der Waals surface area contributed by atoms with Gasteiger partial charge in [-0.1, -0.05) is 35.9 Å². The average molecular weight is 391 g/mol. The molecular formula is C19H13ClF2N2O3. The van der Waals surface area contributed by atoms with Gasteiger partial charge in [0.2, 0.25) is 0 Å². The summed E-state index contributed by atoms with van der Waals surface area (Å²) in [7, 11) is 0. The Hall–Kier alpha value is -3.06. The molecule has 8 heteroatoms. The van der Waals surface area contributed by atoms with E-state index in [1.165, 1.54) is 19.1 Å². The Morgan fingerprint density at radius 1 is 1.11 bits per heavy atom. The third kappa shape index (κ3) is 4.03. The van der Waals surface area contributed by atoms with E-state index in [1.54, 1.807) is 24.3 Å². The SMILES string of the molecule is C[C@H](OC(=O)c1cc(Cl)nc2ccccc12)C(=O)Nc1c(F)cccc1F. The quantitative estimate of drug-likeness (QED) is 0.531. The summed E-state index contributed by atoms with van der Waals surface area (Å²) < 4.78 is 32.4. The molecule has 1 aromatic heterocycles. The van der Waals surface area contributed by atoms with Crippen LogP contribution in [0, 0.1) is 11.6 Å². The fourth-order valence-corrected chi connectivity index (χ4v) is 2.63. The maximum Gasteiger partial charge on any atom is 0.339 e. The molecule has 1 atom stereocenters. The van der Waals surface area contributed by atoms with Gasteiger partial charge in [-0.15, -0.1) is 0 Å².